The average molecular weight is 284 g/mol. The minimum atomic E-state index is -1.09. The summed E-state index contributed by atoms with van der Waals surface area (Å²) >= 11 is 0. The highest BCUT2D eigenvalue weighted by atomic mass is 16.4. The van der Waals surface area contributed by atoms with Crippen LogP contribution in [0.1, 0.15) is 10.5 Å². The highest BCUT2D eigenvalue weighted by Gasteiger charge is 2.15. The Bertz CT molecular complexity index is 799. The van der Waals surface area contributed by atoms with Crippen molar-refractivity contribution in [3.63, 3.8) is 0 Å². The molecule has 0 fully saturated rings. The van der Waals surface area contributed by atoms with Gasteiger partial charge in [0.15, 0.2) is 17.2 Å². The van der Waals surface area contributed by atoms with Crippen LogP contribution in [0.15, 0.2) is 36.7 Å². The van der Waals surface area contributed by atoms with Crippen molar-refractivity contribution >= 4 is 28.9 Å². The molecule has 0 radical (unpaired) electrons. The SMILES string of the molecule is CNc1cc(Nc2ccccn2)nn2c(C(=O)O)cnc12. The van der Waals surface area contributed by atoms with Crippen LogP contribution in [0.5, 0.6) is 0 Å². The predicted molar refractivity (Wildman–Crippen MR) is 77.0 cm³/mol. The van der Waals surface area contributed by atoms with Crippen molar-refractivity contribution in [3.8, 4) is 0 Å². The van der Waals surface area contributed by atoms with Crippen molar-refractivity contribution in [1.82, 2.24) is 19.6 Å². The maximum atomic E-state index is 11.2. The lowest BCUT2D eigenvalue weighted by atomic mass is 10.4. The topological polar surface area (TPSA) is 104 Å². The van der Waals surface area contributed by atoms with Crippen LogP contribution >= 0.6 is 0 Å². The van der Waals surface area contributed by atoms with Crippen LogP contribution in [-0.4, -0.2) is 37.7 Å². The van der Waals surface area contributed by atoms with Crippen LogP contribution in [-0.2, 0) is 0 Å². The maximum Gasteiger partial charge on any atom is 0.356 e. The fraction of sp³-hybridized carbons (Fsp3) is 0.0769. The number of imidazole rings is 1. The van der Waals surface area contributed by atoms with Crippen LogP contribution < -0.4 is 10.6 Å². The zero-order chi connectivity index (χ0) is 14.8. The first kappa shape index (κ1) is 12.9. The number of fused-ring (bicyclic) bond motifs is 1. The van der Waals surface area contributed by atoms with E-state index in [0.29, 0.717) is 23.0 Å². The third-order valence-corrected chi connectivity index (χ3v) is 2.88. The molecule has 0 spiro atoms. The summed E-state index contributed by atoms with van der Waals surface area (Å²) in [5.41, 5.74) is 1.10. The number of aromatic carboxylic acids is 1. The zero-order valence-electron chi connectivity index (χ0n) is 11.1. The van der Waals surface area contributed by atoms with Crippen molar-refractivity contribution in [2.75, 3.05) is 17.7 Å². The van der Waals surface area contributed by atoms with Crippen molar-refractivity contribution < 1.29 is 9.90 Å². The molecule has 0 unspecified atom stereocenters. The van der Waals surface area contributed by atoms with E-state index in [-0.39, 0.29) is 5.69 Å². The van der Waals surface area contributed by atoms with Gasteiger partial charge in [-0.2, -0.15) is 0 Å². The second-order valence-corrected chi connectivity index (χ2v) is 4.22. The summed E-state index contributed by atoms with van der Waals surface area (Å²) < 4.78 is 1.28. The van der Waals surface area contributed by atoms with Gasteiger partial charge in [-0.05, 0) is 12.1 Å². The van der Waals surface area contributed by atoms with Gasteiger partial charge in [0.05, 0.1) is 11.9 Å². The quantitative estimate of drug-likeness (QED) is 0.668. The Morgan fingerprint density at radius 1 is 1.29 bits per heavy atom. The molecule has 0 saturated carbocycles. The summed E-state index contributed by atoms with van der Waals surface area (Å²) in [6.07, 6.45) is 2.93. The van der Waals surface area contributed by atoms with E-state index in [1.165, 1.54) is 10.7 Å². The molecule has 3 heterocycles. The van der Waals surface area contributed by atoms with E-state index >= 15 is 0 Å². The second-order valence-electron chi connectivity index (χ2n) is 4.22. The molecule has 0 bridgehead atoms. The third kappa shape index (κ3) is 2.34. The van der Waals surface area contributed by atoms with Gasteiger partial charge in [-0.15, -0.1) is 5.10 Å². The van der Waals surface area contributed by atoms with Gasteiger partial charge in [0.2, 0.25) is 0 Å². The van der Waals surface area contributed by atoms with Crippen LogP contribution in [0.2, 0.25) is 0 Å². The van der Waals surface area contributed by atoms with E-state index in [2.05, 4.69) is 25.7 Å². The molecule has 8 heteroatoms. The molecule has 21 heavy (non-hydrogen) atoms. The van der Waals surface area contributed by atoms with Gasteiger partial charge >= 0.3 is 5.97 Å². The van der Waals surface area contributed by atoms with Gasteiger partial charge in [-0.25, -0.2) is 19.3 Å². The molecular weight excluding hydrogens is 272 g/mol. The molecule has 0 atom stereocenters. The summed E-state index contributed by atoms with van der Waals surface area (Å²) in [6.45, 7) is 0. The molecule has 3 rings (SSSR count). The van der Waals surface area contributed by atoms with Crippen LogP contribution in [0.4, 0.5) is 17.3 Å². The average Bonchev–Trinajstić information content (AvgIpc) is 2.91. The van der Waals surface area contributed by atoms with E-state index < -0.39 is 5.97 Å². The predicted octanol–water partition coefficient (Wildman–Crippen LogP) is 1.61. The fourth-order valence-corrected chi connectivity index (χ4v) is 1.93. The van der Waals surface area contributed by atoms with Gasteiger partial charge in [0.25, 0.3) is 0 Å². The fourth-order valence-electron chi connectivity index (χ4n) is 1.93. The molecule has 3 aromatic heterocycles. The summed E-state index contributed by atoms with van der Waals surface area (Å²) in [4.78, 5) is 19.4. The smallest absolute Gasteiger partial charge is 0.356 e. The first-order valence-electron chi connectivity index (χ1n) is 6.17. The van der Waals surface area contributed by atoms with Crippen LogP contribution in [0, 0.1) is 0 Å². The highest BCUT2D eigenvalue weighted by Crippen LogP contribution is 2.21. The second kappa shape index (κ2) is 5.08. The summed E-state index contributed by atoms with van der Waals surface area (Å²) in [7, 11) is 1.73. The molecule has 0 saturated heterocycles. The Hall–Kier alpha value is -3.16. The number of hydrogen-bond acceptors (Lipinski definition) is 6. The van der Waals surface area contributed by atoms with Crippen molar-refractivity contribution in [2.45, 2.75) is 0 Å². The number of nitrogens with zero attached hydrogens (tertiary/aromatic N) is 4. The number of aromatic nitrogens is 4. The summed E-state index contributed by atoms with van der Waals surface area (Å²) in [5, 5.41) is 19.4. The number of rotatable bonds is 4. The van der Waals surface area contributed by atoms with Gasteiger partial charge in [-0.3, -0.25) is 0 Å². The van der Waals surface area contributed by atoms with Crippen molar-refractivity contribution in [1.29, 1.82) is 0 Å². The lowest BCUT2D eigenvalue weighted by Crippen LogP contribution is -2.08. The molecule has 3 N–H and O–H groups in total. The van der Waals surface area contributed by atoms with Gasteiger partial charge in [-0.1, -0.05) is 6.07 Å². The van der Waals surface area contributed by atoms with Gasteiger partial charge < -0.3 is 15.7 Å². The molecular formula is C13H12N6O2. The number of carbonyl (C=O) groups is 1. The number of hydrogen-bond donors (Lipinski definition) is 3. The van der Waals surface area contributed by atoms with Crippen molar-refractivity contribution in [2.24, 2.45) is 0 Å². The Balaban J connectivity index is 2.11. The first-order valence-corrected chi connectivity index (χ1v) is 6.17. The van der Waals surface area contributed by atoms with E-state index in [4.69, 9.17) is 5.11 Å². The molecule has 106 valence electrons. The number of carboxylic acids is 1. The molecule has 0 aliphatic carbocycles. The van der Waals surface area contributed by atoms with E-state index in [9.17, 15) is 4.79 Å². The normalized spacial score (nSPS) is 10.5. The third-order valence-electron chi connectivity index (χ3n) is 2.88. The minimum absolute atomic E-state index is 0.00818. The summed E-state index contributed by atoms with van der Waals surface area (Å²) in [6, 6.07) is 7.17. The molecule has 0 aromatic carbocycles. The Morgan fingerprint density at radius 2 is 2.14 bits per heavy atom. The van der Waals surface area contributed by atoms with E-state index in [0.717, 1.165) is 0 Å². The summed E-state index contributed by atoms with van der Waals surface area (Å²) in [5.74, 6) is -0.0125. The monoisotopic (exact) mass is 284 g/mol. The molecule has 3 aromatic rings. The molecule has 0 amide bonds. The molecule has 0 aliphatic rings. The largest absolute Gasteiger partial charge is 0.476 e. The van der Waals surface area contributed by atoms with Gasteiger partial charge in [0.1, 0.15) is 5.82 Å². The number of nitrogens with one attached hydrogen (secondary N) is 2. The number of anilines is 3. The minimum Gasteiger partial charge on any atom is -0.476 e. The van der Waals surface area contributed by atoms with Crippen LogP contribution in [0.3, 0.4) is 0 Å². The lowest BCUT2D eigenvalue weighted by Gasteiger charge is -2.09. The van der Waals surface area contributed by atoms with E-state index in [1.807, 2.05) is 6.07 Å². The Labute approximate surface area is 119 Å². The highest BCUT2D eigenvalue weighted by molar-refractivity contribution is 5.87. The van der Waals surface area contributed by atoms with Gasteiger partial charge in [0, 0.05) is 19.3 Å². The Morgan fingerprint density at radius 3 is 2.81 bits per heavy atom. The Kier molecular flexibility index (Phi) is 3.11. The van der Waals surface area contributed by atoms with Crippen LogP contribution in [0.25, 0.3) is 5.65 Å². The number of pyridine rings is 1. The van der Waals surface area contributed by atoms with E-state index in [1.54, 1.807) is 31.4 Å². The number of carboxylic acid groups (broad SMARTS) is 1. The first-order chi connectivity index (χ1) is 10.2. The van der Waals surface area contributed by atoms with Crippen molar-refractivity contribution in [3.05, 3.63) is 42.4 Å². The zero-order valence-corrected chi connectivity index (χ0v) is 11.1. The standard InChI is InChI=1S/C13H12N6O2/c1-14-8-6-11(17-10-4-2-3-5-15-10)18-19-9(13(20)21)7-16-12(8)19/h2-7,14H,1H3,(H,20,21)(H,15,17,18). The molecule has 0 aliphatic heterocycles. The molecule has 8 nitrogen and oxygen atoms in total. The maximum absolute atomic E-state index is 11.2. The lowest BCUT2D eigenvalue weighted by molar-refractivity contribution is 0.0688.